The fourth-order valence-electron chi connectivity index (χ4n) is 2.82. The summed E-state index contributed by atoms with van der Waals surface area (Å²) >= 11 is 0. The molecule has 3 aromatic rings. The first-order valence-electron chi connectivity index (χ1n) is 8.97. The van der Waals surface area contributed by atoms with Crippen molar-refractivity contribution in [1.29, 1.82) is 0 Å². The van der Waals surface area contributed by atoms with E-state index in [1.807, 2.05) is 24.3 Å². The van der Waals surface area contributed by atoms with E-state index in [9.17, 15) is 4.79 Å². The van der Waals surface area contributed by atoms with Gasteiger partial charge in [-0.25, -0.2) is 4.98 Å². The Bertz CT molecular complexity index is 890. The molecule has 0 unspecified atom stereocenters. The van der Waals surface area contributed by atoms with E-state index in [1.165, 1.54) is 19.8 Å². The Kier molecular flexibility index (Phi) is 6.46. The van der Waals surface area contributed by atoms with E-state index >= 15 is 0 Å². The second kappa shape index (κ2) is 9.41. The molecule has 0 atom stereocenters. The van der Waals surface area contributed by atoms with E-state index in [0.29, 0.717) is 22.7 Å². The average Bonchev–Trinajstić information content (AvgIpc) is 2.75. The number of nitrogens with one attached hydrogen (secondary N) is 2. The van der Waals surface area contributed by atoms with Crippen LogP contribution in [0, 0.1) is 0 Å². The van der Waals surface area contributed by atoms with Gasteiger partial charge in [0.25, 0.3) is 5.91 Å². The van der Waals surface area contributed by atoms with Gasteiger partial charge >= 0.3 is 0 Å². The molecule has 0 bridgehead atoms. The number of methoxy groups -OCH3 is 2. The van der Waals surface area contributed by atoms with Gasteiger partial charge in [-0.2, -0.15) is 0 Å². The van der Waals surface area contributed by atoms with Gasteiger partial charge in [-0.15, -0.1) is 0 Å². The normalized spacial score (nSPS) is 10.2. The average molecular weight is 377 g/mol. The van der Waals surface area contributed by atoms with Crippen LogP contribution in [0.15, 0.2) is 66.9 Å². The Hall–Kier alpha value is -3.54. The number of benzene rings is 2. The van der Waals surface area contributed by atoms with Gasteiger partial charge in [0.2, 0.25) is 0 Å². The Morgan fingerprint density at radius 3 is 2.25 bits per heavy atom. The van der Waals surface area contributed by atoms with Crippen LogP contribution in [0.25, 0.3) is 0 Å². The van der Waals surface area contributed by atoms with E-state index in [-0.39, 0.29) is 5.91 Å². The van der Waals surface area contributed by atoms with Gasteiger partial charge in [0.1, 0.15) is 22.9 Å². The second-order valence-electron chi connectivity index (χ2n) is 6.09. The van der Waals surface area contributed by atoms with Gasteiger partial charge in [-0.05, 0) is 36.2 Å². The third kappa shape index (κ3) is 4.79. The molecule has 6 heteroatoms. The fourth-order valence-corrected chi connectivity index (χ4v) is 2.82. The molecule has 0 aliphatic rings. The summed E-state index contributed by atoms with van der Waals surface area (Å²) in [5.74, 6) is 1.33. The van der Waals surface area contributed by atoms with Gasteiger partial charge in [0.05, 0.1) is 26.1 Å². The van der Waals surface area contributed by atoms with Crippen molar-refractivity contribution >= 4 is 17.4 Å². The number of ether oxygens (including phenoxy) is 2. The summed E-state index contributed by atoms with van der Waals surface area (Å²) in [6.45, 7) is 0.779. The zero-order chi connectivity index (χ0) is 19.8. The van der Waals surface area contributed by atoms with Gasteiger partial charge in [0, 0.05) is 6.54 Å². The van der Waals surface area contributed by atoms with E-state index in [4.69, 9.17) is 9.47 Å². The molecule has 0 saturated heterocycles. The number of hydrogen-bond donors (Lipinski definition) is 2. The van der Waals surface area contributed by atoms with Crippen molar-refractivity contribution < 1.29 is 14.3 Å². The van der Waals surface area contributed by atoms with Crippen molar-refractivity contribution in [3.63, 3.8) is 0 Å². The number of carbonyl (C=O) groups is 1. The number of pyridine rings is 1. The number of amides is 1. The lowest BCUT2D eigenvalue weighted by Crippen LogP contribution is -2.15. The molecule has 0 aliphatic heterocycles. The van der Waals surface area contributed by atoms with Crippen LogP contribution < -0.4 is 20.1 Å². The fraction of sp³-hybridized carbons (Fsp3) is 0.182. The zero-order valence-electron chi connectivity index (χ0n) is 15.9. The lowest BCUT2D eigenvalue weighted by atomic mass is 10.1. The minimum absolute atomic E-state index is 0.319. The quantitative estimate of drug-likeness (QED) is 0.621. The maximum absolute atomic E-state index is 12.7. The first kappa shape index (κ1) is 19.2. The van der Waals surface area contributed by atoms with Crippen molar-refractivity contribution in [2.24, 2.45) is 0 Å². The summed E-state index contributed by atoms with van der Waals surface area (Å²) in [7, 11) is 3.03. The van der Waals surface area contributed by atoms with Crippen molar-refractivity contribution in [1.82, 2.24) is 4.98 Å². The van der Waals surface area contributed by atoms with Crippen molar-refractivity contribution in [3.05, 3.63) is 78.0 Å². The minimum atomic E-state index is -0.319. The summed E-state index contributed by atoms with van der Waals surface area (Å²) in [6.07, 6.45) is 2.53. The summed E-state index contributed by atoms with van der Waals surface area (Å²) in [4.78, 5) is 17.0. The first-order valence-corrected chi connectivity index (χ1v) is 8.97. The minimum Gasteiger partial charge on any atom is -0.496 e. The van der Waals surface area contributed by atoms with Gasteiger partial charge < -0.3 is 20.1 Å². The number of anilines is 2. The standard InChI is InChI=1S/C22H23N3O3/c1-27-18-9-6-10-19(28-2)21(18)22(26)25-17-11-12-20(24-15-17)23-14-13-16-7-4-3-5-8-16/h3-12,15H,13-14H2,1-2H3,(H,23,24)(H,25,26). The van der Waals surface area contributed by atoms with Crippen LogP contribution >= 0.6 is 0 Å². The first-order chi connectivity index (χ1) is 13.7. The van der Waals surface area contributed by atoms with Crippen molar-refractivity contribution in [3.8, 4) is 11.5 Å². The van der Waals surface area contributed by atoms with Crippen LogP contribution in [0.3, 0.4) is 0 Å². The Labute approximate surface area is 164 Å². The summed E-state index contributed by atoms with van der Waals surface area (Å²) in [5, 5.41) is 6.11. The number of nitrogens with zero attached hydrogens (tertiary/aromatic N) is 1. The number of aromatic nitrogens is 1. The molecule has 6 nitrogen and oxygen atoms in total. The molecule has 3 rings (SSSR count). The highest BCUT2D eigenvalue weighted by Gasteiger charge is 2.18. The Morgan fingerprint density at radius 1 is 0.929 bits per heavy atom. The molecule has 0 aliphatic carbocycles. The Morgan fingerprint density at radius 2 is 1.64 bits per heavy atom. The maximum atomic E-state index is 12.7. The second-order valence-corrected chi connectivity index (χ2v) is 6.09. The third-order valence-electron chi connectivity index (χ3n) is 4.24. The van der Waals surface area contributed by atoms with Crippen LogP contribution in [0.4, 0.5) is 11.5 Å². The molecule has 1 heterocycles. The topological polar surface area (TPSA) is 72.5 Å². The van der Waals surface area contributed by atoms with Crippen molar-refractivity contribution in [2.45, 2.75) is 6.42 Å². The lowest BCUT2D eigenvalue weighted by molar-refractivity contribution is 0.102. The molecule has 28 heavy (non-hydrogen) atoms. The number of rotatable bonds is 8. The molecule has 1 aromatic heterocycles. The SMILES string of the molecule is COc1cccc(OC)c1C(=O)Nc1ccc(NCCc2ccccc2)nc1. The molecule has 0 fully saturated rings. The van der Waals surface area contributed by atoms with E-state index < -0.39 is 0 Å². The van der Waals surface area contributed by atoms with E-state index in [0.717, 1.165) is 18.8 Å². The largest absolute Gasteiger partial charge is 0.496 e. The Balaban J connectivity index is 1.60. The number of hydrogen-bond acceptors (Lipinski definition) is 5. The van der Waals surface area contributed by atoms with E-state index in [1.54, 1.807) is 30.5 Å². The zero-order valence-corrected chi connectivity index (χ0v) is 15.9. The van der Waals surface area contributed by atoms with Gasteiger partial charge in [0.15, 0.2) is 0 Å². The molecule has 2 aromatic carbocycles. The highest BCUT2D eigenvalue weighted by atomic mass is 16.5. The van der Waals surface area contributed by atoms with E-state index in [2.05, 4.69) is 27.8 Å². The summed E-state index contributed by atoms with van der Waals surface area (Å²) in [6, 6.07) is 19.1. The smallest absolute Gasteiger partial charge is 0.263 e. The number of carbonyl (C=O) groups excluding carboxylic acids is 1. The van der Waals surface area contributed by atoms with Gasteiger partial charge in [-0.3, -0.25) is 4.79 Å². The van der Waals surface area contributed by atoms with Crippen LogP contribution in [-0.4, -0.2) is 31.7 Å². The van der Waals surface area contributed by atoms with Crippen LogP contribution in [0.5, 0.6) is 11.5 Å². The van der Waals surface area contributed by atoms with Crippen LogP contribution in [0.1, 0.15) is 15.9 Å². The highest BCUT2D eigenvalue weighted by molar-refractivity contribution is 6.08. The predicted octanol–water partition coefficient (Wildman–Crippen LogP) is 4.01. The molecule has 2 N–H and O–H groups in total. The summed E-state index contributed by atoms with van der Waals surface area (Å²) < 4.78 is 10.6. The van der Waals surface area contributed by atoms with Crippen LogP contribution in [-0.2, 0) is 6.42 Å². The summed E-state index contributed by atoms with van der Waals surface area (Å²) in [5.41, 5.74) is 2.20. The molecular formula is C22H23N3O3. The lowest BCUT2D eigenvalue weighted by Gasteiger charge is -2.13. The molecule has 1 amide bonds. The van der Waals surface area contributed by atoms with Crippen LogP contribution in [0.2, 0.25) is 0 Å². The van der Waals surface area contributed by atoms with Crippen molar-refractivity contribution in [2.75, 3.05) is 31.4 Å². The highest BCUT2D eigenvalue weighted by Crippen LogP contribution is 2.29. The monoisotopic (exact) mass is 377 g/mol. The van der Waals surface area contributed by atoms with Gasteiger partial charge in [-0.1, -0.05) is 36.4 Å². The molecule has 0 spiro atoms. The molecular weight excluding hydrogens is 354 g/mol. The molecule has 0 saturated carbocycles. The maximum Gasteiger partial charge on any atom is 0.263 e. The predicted molar refractivity (Wildman–Crippen MR) is 110 cm³/mol. The third-order valence-corrected chi connectivity index (χ3v) is 4.24. The molecule has 144 valence electrons. The molecule has 0 radical (unpaired) electrons.